The molecule has 15 heavy (non-hydrogen) atoms. The summed E-state index contributed by atoms with van der Waals surface area (Å²) in [5, 5.41) is 20.3. The van der Waals surface area contributed by atoms with E-state index in [2.05, 4.69) is 5.18 Å². The zero-order chi connectivity index (χ0) is 11.4. The largest absolute Gasteiger partial charge is 0.508 e. The molecule has 0 bridgehead atoms. The van der Waals surface area contributed by atoms with E-state index in [9.17, 15) is 9.70 Å². The van der Waals surface area contributed by atoms with Gasteiger partial charge in [0.1, 0.15) is 17.5 Å². The van der Waals surface area contributed by atoms with Gasteiger partial charge >= 0.3 is 5.97 Å². The first-order valence-electron chi connectivity index (χ1n) is 4.18. The predicted molar refractivity (Wildman–Crippen MR) is 52.9 cm³/mol. The summed E-state index contributed by atoms with van der Waals surface area (Å²) in [6.45, 7) is 0. The van der Waals surface area contributed by atoms with E-state index in [0.717, 1.165) is 6.07 Å². The van der Waals surface area contributed by atoms with E-state index < -0.39 is 12.0 Å². The van der Waals surface area contributed by atoms with Gasteiger partial charge in [0, 0.05) is 12.5 Å². The molecule has 0 amide bonds. The van der Waals surface area contributed by atoms with E-state index in [-0.39, 0.29) is 17.9 Å². The fourth-order valence-electron chi connectivity index (χ4n) is 1.13. The summed E-state index contributed by atoms with van der Waals surface area (Å²) in [7, 11) is 0. The quantitative estimate of drug-likeness (QED) is 0.634. The Balaban J connectivity index is 2.94. The number of benzene rings is 1. The molecule has 0 aliphatic carbocycles. The van der Waals surface area contributed by atoms with Crippen molar-refractivity contribution in [2.24, 2.45) is 10.9 Å². The van der Waals surface area contributed by atoms with Gasteiger partial charge in [-0.3, -0.25) is 4.79 Å². The maximum atomic E-state index is 10.5. The van der Waals surface area contributed by atoms with E-state index in [4.69, 9.17) is 15.9 Å². The summed E-state index contributed by atoms with van der Waals surface area (Å²) in [5.41, 5.74) is 5.71. The molecular weight excluding hydrogens is 200 g/mol. The number of nitrogens with zero attached hydrogens (tertiary/aromatic N) is 1. The third-order valence-electron chi connectivity index (χ3n) is 1.92. The van der Waals surface area contributed by atoms with Crippen LogP contribution in [0.4, 0.5) is 5.69 Å². The molecule has 0 spiro atoms. The molecule has 0 radical (unpaired) electrons. The number of carboxylic acid groups (broad SMARTS) is 1. The molecule has 0 aromatic heterocycles. The van der Waals surface area contributed by atoms with E-state index in [1.54, 1.807) is 0 Å². The molecule has 6 nitrogen and oxygen atoms in total. The van der Waals surface area contributed by atoms with Crippen LogP contribution < -0.4 is 5.73 Å². The lowest BCUT2D eigenvalue weighted by Crippen LogP contribution is -2.32. The highest BCUT2D eigenvalue weighted by Gasteiger charge is 2.15. The number of aliphatic carboxylic acids is 1. The number of hydrogen-bond donors (Lipinski definition) is 3. The second-order valence-electron chi connectivity index (χ2n) is 3.05. The van der Waals surface area contributed by atoms with Crippen molar-refractivity contribution < 1.29 is 15.0 Å². The van der Waals surface area contributed by atoms with E-state index in [0.29, 0.717) is 5.56 Å². The van der Waals surface area contributed by atoms with Crippen molar-refractivity contribution >= 4 is 11.7 Å². The Morgan fingerprint density at radius 1 is 1.53 bits per heavy atom. The van der Waals surface area contributed by atoms with E-state index in [1.165, 1.54) is 12.1 Å². The highest BCUT2D eigenvalue weighted by atomic mass is 16.4. The lowest BCUT2D eigenvalue weighted by molar-refractivity contribution is -0.138. The van der Waals surface area contributed by atoms with Crippen molar-refractivity contribution in [3.8, 4) is 5.75 Å². The molecule has 0 heterocycles. The minimum absolute atomic E-state index is 0.00329. The molecule has 1 aromatic carbocycles. The summed E-state index contributed by atoms with van der Waals surface area (Å²) < 4.78 is 0. The molecule has 80 valence electrons. The number of rotatable bonds is 4. The number of carboxylic acids is 1. The average molecular weight is 210 g/mol. The Kier molecular flexibility index (Phi) is 3.35. The van der Waals surface area contributed by atoms with Crippen LogP contribution in [-0.2, 0) is 11.2 Å². The first-order valence-corrected chi connectivity index (χ1v) is 4.18. The van der Waals surface area contributed by atoms with Crippen molar-refractivity contribution in [2.45, 2.75) is 12.5 Å². The summed E-state index contributed by atoms with van der Waals surface area (Å²) in [4.78, 5) is 20.9. The molecular formula is C9H10N2O4. The SMILES string of the molecule is NC(Cc1ccc(O)cc1N=O)C(=O)O. The van der Waals surface area contributed by atoms with Crippen LogP contribution >= 0.6 is 0 Å². The Morgan fingerprint density at radius 2 is 2.20 bits per heavy atom. The van der Waals surface area contributed by atoms with E-state index in [1.807, 2.05) is 0 Å². The monoisotopic (exact) mass is 210 g/mol. The number of phenols is 1. The zero-order valence-electron chi connectivity index (χ0n) is 7.75. The van der Waals surface area contributed by atoms with Crippen LogP contribution in [0.25, 0.3) is 0 Å². The number of hydrogen-bond acceptors (Lipinski definition) is 5. The fraction of sp³-hybridized carbons (Fsp3) is 0.222. The lowest BCUT2D eigenvalue weighted by atomic mass is 10.0. The Morgan fingerprint density at radius 3 is 2.73 bits per heavy atom. The number of aromatic hydroxyl groups is 1. The Hall–Kier alpha value is -1.95. The van der Waals surface area contributed by atoms with Gasteiger partial charge < -0.3 is 15.9 Å². The first-order chi connectivity index (χ1) is 7.04. The van der Waals surface area contributed by atoms with Crippen LogP contribution in [0.5, 0.6) is 5.75 Å². The molecule has 0 aliphatic rings. The fourth-order valence-corrected chi connectivity index (χ4v) is 1.13. The molecule has 1 unspecified atom stereocenters. The molecule has 1 atom stereocenters. The zero-order valence-corrected chi connectivity index (χ0v) is 7.75. The van der Waals surface area contributed by atoms with Crippen molar-refractivity contribution in [3.63, 3.8) is 0 Å². The molecule has 0 saturated heterocycles. The van der Waals surface area contributed by atoms with Gasteiger partial charge in [-0.25, -0.2) is 0 Å². The Bertz CT molecular complexity index is 392. The van der Waals surface area contributed by atoms with Crippen LogP contribution in [0, 0.1) is 4.91 Å². The second kappa shape index (κ2) is 4.52. The molecule has 0 saturated carbocycles. The lowest BCUT2D eigenvalue weighted by Gasteiger charge is -2.07. The number of nitrogens with two attached hydrogens (primary N) is 1. The number of nitroso groups, excluding NO2 is 1. The van der Waals surface area contributed by atoms with Crippen LogP contribution in [-0.4, -0.2) is 22.2 Å². The first kappa shape index (κ1) is 11.1. The molecule has 6 heteroatoms. The van der Waals surface area contributed by atoms with Crippen molar-refractivity contribution in [2.75, 3.05) is 0 Å². The third kappa shape index (κ3) is 2.75. The predicted octanol–water partition coefficient (Wildman–Crippen LogP) is 0.745. The van der Waals surface area contributed by atoms with Gasteiger partial charge in [0.25, 0.3) is 0 Å². The summed E-state index contributed by atoms with van der Waals surface area (Å²) in [6.07, 6.45) is -0.00329. The van der Waals surface area contributed by atoms with Crippen molar-refractivity contribution in [1.29, 1.82) is 0 Å². The van der Waals surface area contributed by atoms with Crippen LogP contribution in [0.1, 0.15) is 5.56 Å². The van der Waals surface area contributed by atoms with Gasteiger partial charge in [-0.1, -0.05) is 6.07 Å². The van der Waals surface area contributed by atoms with Gasteiger partial charge in [-0.05, 0) is 16.8 Å². The number of phenolic OH excluding ortho intramolecular Hbond substituents is 1. The second-order valence-corrected chi connectivity index (χ2v) is 3.05. The molecule has 0 aliphatic heterocycles. The topological polar surface area (TPSA) is 113 Å². The van der Waals surface area contributed by atoms with Crippen molar-refractivity contribution in [3.05, 3.63) is 28.7 Å². The summed E-state index contributed by atoms with van der Waals surface area (Å²) >= 11 is 0. The average Bonchev–Trinajstić information content (AvgIpc) is 2.20. The molecule has 1 rings (SSSR count). The van der Waals surface area contributed by atoms with Crippen LogP contribution in [0.15, 0.2) is 23.4 Å². The van der Waals surface area contributed by atoms with Crippen LogP contribution in [0.2, 0.25) is 0 Å². The van der Waals surface area contributed by atoms with Gasteiger partial charge in [-0.15, -0.1) is 4.91 Å². The minimum atomic E-state index is -1.15. The Labute approximate surface area is 85.3 Å². The summed E-state index contributed by atoms with van der Waals surface area (Å²) in [6, 6.07) is 2.85. The van der Waals surface area contributed by atoms with Crippen molar-refractivity contribution in [1.82, 2.24) is 0 Å². The molecule has 0 fully saturated rings. The van der Waals surface area contributed by atoms with Gasteiger partial charge in [0.2, 0.25) is 0 Å². The molecule has 4 N–H and O–H groups in total. The minimum Gasteiger partial charge on any atom is -0.508 e. The maximum absolute atomic E-state index is 10.5. The highest BCUT2D eigenvalue weighted by Crippen LogP contribution is 2.25. The standard InChI is InChI=1S/C9H10N2O4/c10-7(9(13)14)3-5-1-2-6(12)4-8(5)11-15/h1-2,4,7,12H,3,10H2,(H,13,14). The summed E-state index contributed by atoms with van der Waals surface area (Å²) in [5.74, 6) is -1.25. The van der Waals surface area contributed by atoms with E-state index >= 15 is 0 Å². The van der Waals surface area contributed by atoms with Gasteiger partial charge in [0.15, 0.2) is 0 Å². The van der Waals surface area contributed by atoms with Gasteiger partial charge in [0.05, 0.1) is 0 Å². The maximum Gasteiger partial charge on any atom is 0.320 e. The normalized spacial score (nSPS) is 12.1. The third-order valence-corrected chi connectivity index (χ3v) is 1.92. The number of carbonyl (C=O) groups is 1. The molecule has 1 aromatic rings. The van der Waals surface area contributed by atoms with Gasteiger partial charge in [-0.2, -0.15) is 0 Å². The highest BCUT2D eigenvalue weighted by molar-refractivity contribution is 5.74. The smallest absolute Gasteiger partial charge is 0.320 e. The van der Waals surface area contributed by atoms with Crippen LogP contribution in [0.3, 0.4) is 0 Å².